The molecule has 0 spiro atoms. The number of carbonyl (C=O) groups excluding carboxylic acids is 1. The van der Waals surface area contributed by atoms with Gasteiger partial charge in [0.05, 0.1) is 31.5 Å². The maximum atomic E-state index is 12.4. The van der Waals surface area contributed by atoms with Crippen LogP contribution in [0, 0.1) is 0 Å². The Morgan fingerprint density at radius 1 is 1.04 bits per heavy atom. The molecule has 0 radical (unpaired) electrons. The highest BCUT2D eigenvalue weighted by Gasteiger charge is 2.18. The van der Waals surface area contributed by atoms with Gasteiger partial charge in [-0.2, -0.15) is 0 Å². The maximum absolute atomic E-state index is 12.4. The minimum Gasteiger partial charge on any atom is -0.495 e. The van der Waals surface area contributed by atoms with Gasteiger partial charge >= 0.3 is 0 Å². The van der Waals surface area contributed by atoms with Gasteiger partial charge in [0.2, 0.25) is 5.91 Å². The van der Waals surface area contributed by atoms with Crippen molar-refractivity contribution in [2.75, 3.05) is 31.4 Å². The quantitative estimate of drug-likeness (QED) is 0.766. The Morgan fingerprint density at radius 2 is 1.69 bits per heavy atom. The Labute approximate surface area is 159 Å². The van der Waals surface area contributed by atoms with E-state index < -0.39 is 0 Å². The van der Waals surface area contributed by atoms with Crippen LogP contribution >= 0.6 is 11.6 Å². The van der Waals surface area contributed by atoms with Crippen LogP contribution in [0.1, 0.15) is 26.3 Å². The third kappa shape index (κ3) is 4.82. The summed E-state index contributed by atoms with van der Waals surface area (Å²) in [6.45, 7) is 6.42. The van der Waals surface area contributed by atoms with Crippen molar-refractivity contribution in [2.45, 2.75) is 26.2 Å². The highest BCUT2D eigenvalue weighted by molar-refractivity contribution is 6.32. The fraction of sp³-hybridized carbons (Fsp3) is 0.350. The third-order valence-electron chi connectivity index (χ3n) is 3.92. The Morgan fingerprint density at radius 3 is 2.31 bits per heavy atom. The number of benzene rings is 2. The van der Waals surface area contributed by atoms with Gasteiger partial charge in [0.1, 0.15) is 11.5 Å². The van der Waals surface area contributed by atoms with E-state index in [4.69, 9.17) is 21.1 Å². The maximum Gasteiger partial charge on any atom is 0.243 e. The first-order valence-corrected chi connectivity index (χ1v) is 8.68. The standard InChI is InChI=1S/C20H25ClN2O3/c1-20(2,3)13-8-6-7-9-15(13)23-19(24)12-22-16-11-17(25-4)14(21)10-18(16)26-5/h6-11,22H,12H2,1-5H3,(H,23,24). The zero-order valence-corrected chi connectivity index (χ0v) is 16.5. The number of methoxy groups -OCH3 is 2. The van der Waals surface area contributed by atoms with Gasteiger partial charge in [0, 0.05) is 17.8 Å². The van der Waals surface area contributed by atoms with E-state index in [1.807, 2.05) is 24.3 Å². The van der Waals surface area contributed by atoms with Gasteiger partial charge in [-0.1, -0.05) is 50.6 Å². The number of halogens is 1. The van der Waals surface area contributed by atoms with Crippen molar-refractivity contribution < 1.29 is 14.3 Å². The van der Waals surface area contributed by atoms with Gasteiger partial charge in [-0.25, -0.2) is 0 Å². The summed E-state index contributed by atoms with van der Waals surface area (Å²) in [6.07, 6.45) is 0. The molecule has 0 saturated carbocycles. The van der Waals surface area contributed by atoms with Crippen LogP contribution in [0.15, 0.2) is 36.4 Å². The molecule has 0 saturated heterocycles. The van der Waals surface area contributed by atoms with Crippen LogP contribution < -0.4 is 20.1 Å². The Hall–Kier alpha value is -2.40. The molecule has 1 amide bonds. The summed E-state index contributed by atoms with van der Waals surface area (Å²) < 4.78 is 10.5. The van der Waals surface area contributed by atoms with Gasteiger partial charge in [0.15, 0.2) is 0 Å². The number of carbonyl (C=O) groups is 1. The lowest BCUT2D eigenvalue weighted by Gasteiger charge is -2.23. The van der Waals surface area contributed by atoms with E-state index in [-0.39, 0.29) is 17.9 Å². The molecule has 0 fully saturated rings. The molecule has 6 heteroatoms. The van der Waals surface area contributed by atoms with Crippen molar-refractivity contribution in [1.82, 2.24) is 0 Å². The van der Waals surface area contributed by atoms with Crippen LogP contribution in [0.5, 0.6) is 11.5 Å². The first-order chi connectivity index (χ1) is 12.3. The van der Waals surface area contributed by atoms with E-state index in [9.17, 15) is 4.79 Å². The van der Waals surface area contributed by atoms with Gasteiger partial charge in [-0.15, -0.1) is 0 Å². The average Bonchev–Trinajstić information content (AvgIpc) is 2.59. The summed E-state index contributed by atoms with van der Waals surface area (Å²) in [6, 6.07) is 11.2. The molecule has 5 nitrogen and oxygen atoms in total. The number of para-hydroxylation sites is 1. The number of ether oxygens (including phenoxy) is 2. The van der Waals surface area contributed by atoms with Gasteiger partial charge in [-0.3, -0.25) is 4.79 Å². The molecule has 0 aliphatic rings. The zero-order chi connectivity index (χ0) is 19.3. The van der Waals surface area contributed by atoms with Crippen LogP contribution in [0.4, 0.5) is 11.4 Å². The van der Waals surface area contributed by atoms with Gasteiger partial charge in [-0.05, 0) is 17.0 Å². The minimum absolute atomic E-state index is 0.0654. The van der Waals surface area contributed by atoms with Crippen LogP contribution in [0.25, 0.3) is 0 Å². The highest BCUT2D eigenvalue weighted by Crippen LogP contribution is 2.35. The molecule has 0 heterocycles. The topological polar surface area (TPSA) is 59.6 Å². The van der Waals surface area contributed by atoms with Crippen molar-refractivity contribution >= 4 is 28.9 Å². The van der Waals surface area contributed by atoms with Gasteiger partial charge in [0.25, 0.3) is 0 Å². The molecule has 26 heavy (non-hydrogen) atoms. The summed E-state index contributed by atoms with van der Waals surface area (Å²) in [5, 5.41) is 6.48. The number of nitrogens with one attached hydrogen (secondary N) is 2. The molecule has 140 valence electrons. The van der Waals surface area contributed by atoms with E-state index in [1.54, 1.807) is 19.2 Å². The SMILES string of the molecule is COc1cc(NCC(=O)Nc2ccccc2C(C)(C)C)c(OC)cc1Cl. The van der Waals surface area contributed by atoms with E-state index >= 15 is 0 Å². The van der Waals surface area contributed by atoms with E-state index in [1.165, 1.54) is 7.11 Å². The lowest BCUT2D eigenvalue weighted by Crippen LogP contribution is -2.24. The largest absolute Gasteiger partial charge is 0.495 e. The Balaban J connectivity index is 2.11. The predicted octanol–water partition coefficient (Wildman–Crippen LogP) is 4.71. The lowest BCUT2D eigenvalue weighted by molar-refractivity contribution is -0.114. The first kappa shape index (κ1) is 19.9. The number of hydrogen-bond acceptors (Lipinski definition) is 4. The minimum atomic E-state index is -0.155. The fourth-order valence-electron chi connectivity index (χ4n) is 2.61. The van der Waals surface area contributed by atoms with E-state index in [2.05, 4.69) is 31.4 Å². The molecule has 2 aromatic carbocycles. The summed E-state index contributed by atoms with van der Waals surface area (Å²) in [7, 11) is 3.08. The van der Waals surface area contributed by atoms with Crippen molar-refractivity contribution in [3.63, 3.8) is 0 Å². The molecule has 0 aromatic heterocycles. The number of amides is 1. The molecular weight excluding hydrogens is 352 g/mol. The van der Waals surface area contributed by atoms with Crippen LogP contribution in [0.3, 0.4) is 0 Å². The highest BCUT2D eigenvalue weighted by atomic mass is 35.5. The number of hydrogen-bond donors (Lipinski definition) is 2. The molecule has 0 aliphatic carbocycles. The number of rotatable bonds is 6. The summed E-state index contributed by atoms with van der Waals surface area (Å²) in [5.74, 6) is 0.893. The molecule has 2 rings (SSSR count). The summed E-state index contributed by atoms with van der Waals surface area (Å²) in [5.41, 5.74) is 2.46. The Kier molecular flexibility index (Phi) is 6.37. The Bertz CT molecular complexity index is 785. The van der Waals surface area contributed by atoms with Crippen molar-refractivity contribution in [3.8, 4) is 11.5 Å². The fourth-order valence-corrected chi connectivity index (χ4v) is 2.85. The third-order valence-corrected chi connectivity index (χ3v) is 4.22. The molecule has 2 N–H and O–H groups in total. The molecule has 0 aliphatic heterocycles. The molecule has 0 atom stereocenters. The second-order valence-corrected chi connectivity index (χ2v) is 7.29. The smallest absolute Gasteiger partial charge is 0.243 e. The van der Waals surface area contributed by atoms with Gasteiger partial charge < -0.3 is 20.1 Å². The monoisotopic (exact) mass is 376 g/mol. The lowest BCUT2D eigenvalue weighted by atomic mass is 9.86. The summed E-state index contributed by atoms with van der Waals surface area (Å²) >= 11 is 6.10. The normalized spacial score (nSPS) is 11.0. The van der Waals surface area contributed by atoms with Crippen LogP contribution in [-0.2, 0) is 10.2 Å². The van der Waals surface area contributed by atoms with Crippen molar-refractivity contribution in [2.24, 2.45) is 0 Å². The second-order valence-electron chi connectivity index (χ2n) is 6.88. The van der Waals surface area contributed by atoms with Crippen molar-refractivity contribution in [3.05, 3.63) is 47.0 Å². The van der Waals surface area contributed by atoms with E-state index in [0.29, 0.717) is 22.2 Å². The van der Waals surface area contributed by atoms with Crippen LogP contribution in [-0.4, -0.2) is 26.7 Å². The molecule has 0 unspecified atom stereocenters. The average molecular weight is 377 g/mol. The van der Waals surface area contributed by atoms with E-state index in [0.717, 1.165) is 11.3 Å². The molecule has 0 bridgehead atoms. The zero-order valence-electron chi connectivity index (χ0n) is 15.8. The first-order valence-electron chi connectivity index (χ1n) is 8.31. The molecule has 2 aromatic rings. The summed E-state index contributed by atoms with van der Waals surface area (Å²) in [4.78, 5) is 12.4. The van der Waals surface area contributed by atoms with Crippen molar-refractivity contribution in [1.29, 1.82) is 0 Å². The number of anilines is 2. The molecular formula is C20H25ClN2O3. The van der Waals surface area contributed by atoms with Crippen LogP contribution in [0.2, 0.25) is 5.02 Å². The predicted molar refractivity (Wildman–Crippen MR) is 107 cm³/mol. The second kappa shape index (κ2) is 8.32.